The van der Waals surface area contributed by atoms with Crippen molar-refractivity contribution in [1.29, 1.82) is 0 Å². The standard InChI is InChI=1S/C16H23N/c1-11-7-5-6-8-14(11)17-12(2)13-9-10-15(17)16(13,3)4/h5-8,12-13,15H,9-10H2,1-4H3. The summed E-state index contributed by atoms with van der Waals surface area (Å²) in [6.45, 7) is 9.58. The third-order valence-electron chi connectivity index (χ3n) is 5.32. The summed E-state index contributed by atoms with van der Waals surface area (Å²) in [7, 11) is 0. The minimum atomic E-state index is 0.488. The van der Waals surface area contributed by atoms with E-state index in [1.807, 2.05) is 0 Å². The molecule has 2 fully saturated rings. The van der Waals surface area contributed by atoms with E-state index in [4.69, 9.17) is 0 Å². The van der Waals surface area contributed by atoms with Gasteiger partial charge in [-0.1, -0.05) is 32.0 Å². The van der Waals surface area contributed by atoms with Crippen LogP contribution in [0.2, 0.25) is 0 Å². The predicted molar refractivity (Wildman–Crippen MR) is 73.4 cm³/mol. The van der Waals surface area contributed by atoms with Gasteiger partial charge in [0.2, 0.25) is 0 Å². The third-order valence-corrected chi connectivity index (χ3v) is 5.32. The van der Waals surface area contributed by atoms with E-state index in [-0.39, 0.29) is 0 Å². The maximum Gasteiger partial charge on any atom is 0.0401 e. The molecule has 2 aliphatic rings. The number of hydrogen-bond donors (Lipinski definition) is 0. The van der Waals surface area contributed by atoms with Crippen molar-refractivity contribution in [3.8, 4) is 0 Å². The summed E-state index contributed by atoms with van der Waals surface area (Å²) in [4.78, 5) is 2.70. The van der Waals surface area contributed by atoms with Crippen molar-refractivity contribution >= 4 is 5.69 Å². The first-order valence-electron chi connectivity index (χ1n) is 6.87. The number of fused-ring (bicyclic) bond motifs is 2. The number of piperidine rings is 1. The van der Waals surface area contributed by atoms with Crippen LogP contribution in [0.1, 0.15) is 39.2 Å². The fourth-order valence-corrected chi connectivity index (χ4v) is 4.41. The number of para-hydroxylation sites is 1. The molecule has 1 heterocycles. The van der Waals surface area contributed by atoms with Gasteiger partial charge in [0.15, 0.2) is 0 Å². The predicted octanol–water partition coefficient (Wildman–Crippen LogP) is 4.01. The lowest BCUT2D eigenvalue weighted by molar-refractivity contribution is 0.286. The molecule has 0 amide bonds. The third kappa shape index (κ3) is 1.38. The van der Waals surface area contributed by atoms with E-state index >= 15 is 0 Å². The van der Waals surface area contributed by atoms with Gasteiger partial charge in [-0.25, -0.2) is 0 Å². The fraction of sp³-hybridized carbons (Fsp3) is 0.625. The minimum Gasteiger partial charge on any atom is -0.365 e. The topological polar surface area (TPSA) is 3.24 Å². The van der Waals surface area contributed by atoms with Crippen LogP contribution in [0.25, 0.3) is 0 Å². The molecule has 0 aromatic heterocycles. The Labute approximate surface area is 105 Å². The Hall–Kier alpha value is -0.980. The fourth-order valence-electron chi connectivity index (χ4n) is 4.41. The largest absolute Gasteiger partial charge is 0.365 e. The second-order valence-corrected chi connectivity index (χ2v) is 6.46. The van der Waals surface area contributed by atoms with Gasteiger partial charge >= 0.3 is 0 Å². The van der Waals surface area contributed by atoms with Crippen LogP contribution >= 0.6 is 0 Å². The number of rotatable bonds is 1. The molecule has 1 aromatic rings. The van der Waals surface area contributed by atoms with Crippen LogP contribution in [0.15, 0.2) is 24.3 Å². The number of hydrogen-bond acceptors (Lipinski definition) is 1. The van der Waals surface area contributed by atoms with Crippen LogP contribution < -0.4 is 4.90 Å². The lowest BCUT2D eigenvalue weighted by Gasteiger charge is -2.36. The van der Waals surface area contributed by atoms with Gasteiger partial charge in [-0.2, -0.15) is 0 Å². The summed E-state index contributed by atoms with van der Waals surface area (Å²) in [5.41, 5.74) is 3.37. The Bertz CT molecular complexity index is 435. The van der Waals surface area contributed by atoms with E-state index in [1.165, 1.54) is 24.1 Å². The summed E-state index contributed by atoms with van der Waals surface area (Å²) in [6, 6.07) is 10.3. The molecule has 1 aliphatic heterocycles. The number of nitrogens with zero attached hydrogens (tertiary/aromatic N) is 1. The van der Waals surface area contributed by atoms with E-state index in [9.17, 15) is 0 Å². The molecule has 0 N–H and O–H groups in total. The van der Waals surface area contributed by atoms with E-state index in [2.05, 4.69) is 56.9 Å². The molecule has 1 saturated carbocycles. The number of benzene rings is 1. The lowest BCUT2D eigenvalue weighted by Crippen LogP contribution is -2.40. The zero-order valence-electron chi connectivity index (χ0n) is 11.4. The Kier molecular flexibility index (Phi) is 2.30. The van der Waals surface area contributed by atoms with E-state index in [1.54, 1.807) is 0 Å². The molecule has 3 unspecified atom stereocenters. The van der Waals surface area contributed by atoms with Crippen molar-refractivity contribution in [2.24, 2.45) is 11.3 Å². The molecule has 1 heteroatoms. The van der Waals surface area contributed by atoms with Crippen LogP contribution in [0.4, 0.5) is 5.69 Å². The molecule has 2 bridgehead atoms. The van der Waals surface area contributed by atoms with Crippen LogP contribution in [-0.2, 0) is 0 Å². The van der Waals surface area contributed by atoms with Crippen LogP contribution in [0.3, 0.4) is 0 Å². The SMILES string of the molecule is Cc1ccccc1N1C(C)C2CCC1C2(C)C. The molecule has 3 rings (SSSR count). The molecule has 1 saturated heterocycles. The quantitative estimate of drug-likeness (QED) is 0.703. The second kappa shape index (κ2) is 3.51. The van der Waals surface area contributed by atoms with Gasteiger partial charge in [0, 0.05) is 17.8 Å². The first kappa shape index (κ1) is 11.1. The normalized spacial score (nSPS) is 34.4. The zero-order chi connectivity index (χ0) is 12.2. The number of anilines is 1. The average Bonchev–Trinajstić information content (AvgIpc) is 2.66. The van der Waals surface area contributed by atoms with Crippen molar-refractivity contribution in [2.45, 2.75) is 52.6 Å². The highest BCUT2D eigenvalue weighted by Gasteiger charge is 2.56. The molecule has 17 heavy (non-hydrogen) atoms. The van der Waals surface area contributed by atoms with Crippen molar-refractivity contribution in [3.05, 3.63) is 29.8 Å². The van der Waals surface area contributed by atoms with Gasteiger partial charge in [-0.15, -0.1) is 0 Å². The maximum absolute atomic E-state index is 2.70. The van der Waals surface area contributed by atoms with E-state index in [0.29, 0.717) is 11.5 Å². The van der Waals surface area contributed by atoms with Crippen molar-refractivity contribution in [1.82, 2.24) is 0 Å². The summed E-state index contributed by atoms with van der Waals surface area (Å²) >= 11 is 0. The van der Waals surface area contributed by atoms with Crippen LogP contribution in [-0.4, -0.2) is 12.1 Å². The average molecular weight is 229 g/mol. The Morgan fingerprint density at radius 3 is 2.47 bits per heavy atom. The van der Waals surface area contributed by atoms with Gasteiger partial charge in [-0.3, -0.25) is 0 Å². The molecule has 1 nitrogen and oxygen atoms in total. The van der Waals surface area contributed by atoms with Gasteiger partial charge in [0.05, 0.1) is 0 Å². The van der Waals surface area contributed by atoms with Gasteiger partial charge in [-0.05, 0) is 49.7 Å². The molecule has 0 radical (unpaired) electrons. The van der Waals surface area contributed by atoms with E-state index < -0.39 is 0 Å². The lowest BCUT2D eigenvalue weighted by atomic mass is 9.80. The van der Waals surface area contributed by atoms with Crippen molar-refractivity contribution in [2.75, 3.05) is 4.90 Å². The summed E-state index contributed by atoms with van der Waals surface area (Å²) < 4.78 is 0. The molecule has 1 aliphatic carbocycles. The molecule has 92 valence electrons. The highest BCUT2D eigenvalue weighted by Crippen LogP contribution is 2.56. The highest BCUT2D eigenvalue weighted by molar-refractivity contribution is 5.57. The molecular formula is C16H23N. The maximum atomic E-state index is 2.70. The Morgan fingerprint density at radius 2 is 1.88 bits per heavy atom. The Balaban J connectivity index is 2.04. The highest BCUT2D eigenvalue weighted by atomic mass is 15.3. The Morgan fingerprint density at radius 1 is 1.18 bits per heavy atom. The number of aryl methyl sites for hydroxylation is 1. The molecule has 0 spiro atoms. The monoisotopic (exact) mass is 229 g/mol. The van der Waals surface area contributed by atoms with Crippen molar-refractivity contribution in [3.63, 3.8) is 0 Å². The summed E-state index contributed by atoms with van der Waals surface area (Å²) in [5, 5.41) is 0. The van der Waals surface area contributed by atoms with E-state index in [0.717, 1.165) is 12.0 Å². The molecule has 3 atom stereocenters. The molecule has 1 aromatic carbocycles. The second-order valence-electron chi connectivity index (χ2n) is 6.46. The molecular weight excluding hydrogens is 206 g/mol. The van der Waals surface area contributed by atoms with Gasteiger partial charge < -0.3 is 4.90 Å². The van der Waals surface area contributed by atoms with Gasteiger partial charge in [0.1, 0.15) is 0 Å². The van der Waals surface area contributed by atoms with Crippen molar-refractivity contribution < 1.29 is 0 Å². The van der Waals surface area contributed by atoms with Crippen LogP contribution in [0.5, 0.6) is 0 Å². The van der Waals surface area contributed by atoms with Crippen LogP contribution in [0, 0.1) is 18.3 Å². The zero-order valence-corrected chi connectivity index (χ0v) is 11.4. The van der Waals surface area contributed by atoms with Gasteiger partial charge in [0.25, 0.3) is 0 Å². The smallest absolute Gasteiger partial charge is 0.0401 e. The first-order valence-corrected chi connectivity index (χ1v) is 6.87. The summed E-state index contributed by atoms with van der Waals surface area (Å²) in [5.74, 6) is 0.868. The first-order chi connectivity index (χ1) is 8.03. The summed E-state index contributed by atoms with van der Waals surface area (Å²) in [6.07, 6.45) is 2.79. The minimum absolute atomic E-state index is 0.488.